The van der Waals surface area contributed by atoms with E-state index in [-0.39, 0.29) is 17.1 Å². The number of nitrogens with zero attached hydrogens (tertiary/aromatic N) is 2. The zero-order valence-corrected chi connectivity index (χ0v) is 17.7. The number of halogens is 2. The molecule has 0 unspecified atom stereocenters. The van der Waals surface area contributed by atoms with E-state index in [1.807, 2.05) is 35.2 Å². The second kappa shape index (κ2) is 10.3. The molecule has 1 aliphatic rings. The summed E-state index contributed by atoms with van der Waals surface area (Å²) in [6.45, 7) is 4.57. The van der Waals surface area contributed by atoms with Crippen molar-refractivity contribution in [1.82, 2.24) is 9.80 Å². The van der Waals surface area contributed by atoms with Gasteiger partial charge in [0.05, 0.1) is 6.54 Å². The normalized spacial score (nSPS) is 16.7. The Hall–Kier alpha value is -1.56. The number of hydrogen-bond donors (Lipinski definition) is 0. The number of benzene rings is 2. The molecule has 0 bridgehead atoms. The van der Waals surface area contributed by atoms with E-state index in [4.69, 9.17) is 11.6 Å². The van der Waals surface area contributed by atoms with Crippen LogP contribution in [0.1, 0.15) is 36.3 Å². The van der Waals surface area contributed by atoms with E-state index in [1.165, 1.54) is 6.07 Å². The molecule has 1 saturated heterocycles. The summed E-state index contributed by atoms with van der Waals surface area (Å²) in [7, 11) is 0. The maximum Gasteiger partial charge on any atom is 0.237 e. The number of hydrogen-bond acceptors (Lipinski definition) is 3. The summed E-state index contributed by atoms with van der Waals surface area (Å²) >= 11 is 8.12. The van der Waals surface area contributed by atoms with E-state index < -0.39 is 0 Å². The maximum absolute atomic E-state index is 13.5. The minimum atomic E-state index is -0.242. The van der Waals surface area contributed by atoms with Crippen LogP contribution in [0.25, 0.3) is 0 Å². The van der Waals surface area contributed by atoms with Crippen LogP contribution in [0, 0.1) is 5.82 Å². The molecule has 1 fully saturated rings. The number of carbonyl (C=O) groups excluding carboxylic acids is 1. The van der Waals surface area contributed by atoms with Crippen molar-refractivity contribution in [2.75, 3.05) is 25.4 Å². The largest absolute Gasteiger partial charge is 0.325 e. The third-order valence-electron chi connectivity index (χ3n) is 4.86. The van der Waals surface area contributed by atoms with Crippen LogP contribution in [0.15, 0.2) is 48.5 Å². The fourth-order valence-electron chi connectivity index (χ4n) is 3.43. The van der Waals surface area contributed by atoms with Gasteiger partial charge in [0.2, 0.25) is 5.91 Å². The molecule has 2 aromatic rings. The number of unbranched alkanes of at least 4 members (excludes halogenated alkanes) is 1. The predicted molar refractivity (Wildman–Crippen MR) is 115 cm³/mol. The summed E-state index contributed by atoms with van der Waals surface area (Å²) in [6.07, 6.45) is 2.06. The first-order chi connectivity index (χ1) is 13.6. The fraction of sp³-hybridized carbons (Fsp3) is 0.409. The van der Waals surface area contributed by atoms with Gasteiger partial charge in [-0.1, -0.05) is 55.3 Å². The Kier molecular flexibility index (Phi) is 7.77. The van der Waals surface area contributed by atoms with Crippen LogP contribution in [0.3, 0.4) is 0 Å². The van der Waals surface area contributed by atoms with Crippen LogP contribution in [0.4, 0.5) is 4.39 Å². The molecule has 3 rings (SSSR count). The standard InChI is InChI=1S/C22H26ClFN2OS/c1-2-3-11-25(15-17-7-6-8-18(24)14-17)16-21(27)26-12-13-28-22(26)19-9-4-5-10-20(19)23/h4-10,14,22H,2-3,11-13,15-16H2,1H3/t22-/m0/s1. The first kappa shape index (κ1) is 21.2. The van der Waals surface area contributed by atoms with E-state index in [9.17, 15) is 9.18 Å². The molecule has 0 saturated carbocycles. The topological polar surface area (TPSA) is 23.6 Å². The zero-order valence-electron chi connectivity index (χ0n) is 16.1. The van der Waals surface area contributed by atoms with Gasteiger partial charge in [0.25, 0.3) is 0 Å². The maximum atomic E-state index is 13.5. The van der Waals surface area contributed by atoms with Crippen LogP contribution >= 0.6 is 23.4 Å². The highest BCUT2D eigenvalue weighted by molar-refractivity contribution is 7.99. The molecule has 0 aliphatic carbocycles. The lowest BCUT2D eigenvalue weighted by Gasteiger charge is -2.29. The number of carbonyl (C=O) groups is 1. The van der Waals surface area contributed by atoms with Gasteiger partial charge >= 0.3 is 0 Å². The first-order valence-electron chi connectivity index (χ1n) is 9.70. The molecule has 1 heterocycles. The van der Waals surface area contributed by atoms with Gasteiger partial charge in [-0.2, -0.15) is 0 Å². The molecule has 28 heavy (non-hydrogen) atoms. The minimum Gasteiger partial charge on any atom is -0.325 e. The fourth-order valence-corrected chi connectivity index (χ4v) is 5.05. The van der Waals surface area contributed by atoms with E-state index in [0.717, 1.165) is 42.8 Å². The molecule has 0 spiro atoms. The highest BCUT2D eigenvalue weighted by atomic mass is 35.5. The molecule has 0 aromatic heterocycles. The molecule has 3 nitrogen and oxygen atoms in total. The molecule has 2 aromatic carbocycles. The second-order valence-electron chi connectivity index (χ2n) is 7.03. The molecular formula is C22H26ClFN2OS. The van der Waals surface area contributed by atoms with Crippen molar-refractivity contribution < 1.29 is 9.18 Å². The molecule has 1 atom stereocenters. The minimum absolute atomic E-state index is 0.0385. The number of amides is 1. The number of rotatable bonds is 8. The Labute approximate surface area is 175 Å². The Bertz CT molecular complexity index is 804. The van der Waals surface area contributed by atoms with Gasteiger partial charge in [-0.15, -0.1) is 11.8 Å². The zero-order chi connectivity index (χ0) is 19.9. The SMILES string of the molecule is CCCCN(CC(=O)N1CCS[C@H]1c1ccccc1Cl)Cc1cccc(F)c1. The van der Waals surface area contributed by atoms with Gasteiger partial charge < -0.3 is 4.90 Å². The Morgan fingerprint density at radius 3 is 2.86 bits per heavy atom. The molecule has 1 aliphatic heterocycles. The summed E-state index contributed by atoms with van der Waals surface area (Å²) in [5.41, 5.74) is 1.88. The van der Waals surface area contributed by atoms with Crippen molar-refractivity contribution in [3.63, 3.8) is 0 Å². The van der Waals surface area contributed by atoms with Crippen LogP contribution in [0.5, 0.6) is 0 Å². The smallest absolute Gasteiger partial charge is 0.237 e. The van der Waals surface area contributed by atoms with Gasteiger partial charge in [-0.05, 0) is 36.7 Å². The molecule has 0 N–H and O–H groups in total. The van der Waals surface area contributed by atoms with Gasteiger partial charge in [-0.3, -0.25) is 9.69 Å². The third-order valence-corrected chi connectivity index (χ3v) is 6.45. The van der Waals surface area contributed by atoms with Gasteiger partial charge in [0.15, 0.2) is 0 Å². The molecule has 0 radical (unpaired) electrons. The second-order valence-corrected chi connectivity index (χ2v) is 8.62. The molecule has 1 amide bonds. The summed E-state index contributed by atoms with van der Waals surface area (Å²) in [4.78, 5) is 17.2. The molecular weight excluding hydrogens is 395 g/mol. The van der Waals surface area contributed by atoms with Crippen LogP contribution < -0.4 is 0 Å². The Morgan fingerprint density at radius 1 is 1.29 bits per heavy atom. The van der Waals surface area contributed by atoms with Crippen molar-refractivity contribution in [1.29, 1.82) is 0 Å². The molecule has 150 valence electrons. The van der Waals surface area contributed by atoms with Gasteiger partial charge in [0.1, 0.15) is 11.2 Å². The lowest BCUT2D eigenvalue weighted by molar-refractivity contribution is -0.132. The summed E-state index contributed by atoms with van der Waals surface area (Å²) in [5.74, 6) is 0.761. The molecule has 6 heteroatoms. The van der Waals surface area contributed by atoms with E-state index in [1.54, 1.807) is 23.9 Å². The van der Waals surface area contributed by atoms with Gasteiger partial charge in [0, 0.05) is 29.4 Å². The van der Waals surface area contributed by atoms with Crippen molar-refractivity contribution in [2.24, 2.45) is 0 Å². The van der Waals surface area contributed by atoms with Crippen molar-refractivity contribution in [3.05, 3.63) is 70.5 Å². The quantitative estimate of drug-likeness (QED) is 0.574. The third kappa shape index (κ3) is 5.49. The van der Waals surface area contributed by atoms with Crippen LogP contribution in [-0.2, 0) is 11.3 Å². The average molecular weight is 421 g/mol. The highest BCUT2D eigenvalue weighted by Crippen LogP contribution is 2.40. The van der Waals surface area contributed by atoms with E-state index in [2.05, 4.69) is 11.8 Å². The monoisotopic (exact) mass is 420 g/mol. The summed E-state index contributed by atoms with van der Waals surface area (Å²) in [5, 5.41) is 0.658. The average Bonchev–Trinajstić information content (AvgIpc) is 3.16. The van der Waals surface area contributed by atoms with E-state index in [0.29, 0.717) is 18.1 Å². The Balaban J connectivity index is 1.70. The van der Waals surface area contributed by atoms with Gasteiger partial charge in [-0.25, -0.2) is 4.39 Å². The van der Waals surface area contributed by atoms with Crippen LogP contribution in [-0.4, -0.2) is 41.1 Å². The van der Waals surface area contributed by atoms with Crippen LogP contribution in [0.2, 0.25) is 5.02 Å². The first-order valence-corrected chi connectivity index (χ1v) is 11.1. The van der Waals surface area contributed by atoms with Crippen molar-refractivity contribution in [2.45, 2.75) is 31.7 Å². The Morgan fingerprint density at radius 2 is 2.11 bits per heavy atom. The summed E-state index contributed by atoms with van der Waals surface area (Å²) < 4.78 is 13.5. The highest BCUT2D eigenvalue weighted by Gasteiger charge is 2.32. The predicted octanol–water partition coefficient (Wildman–Crippen LogP) is 5.36. The number of thioether (sulfide) groups is 1. The lowest BCUT2D eigenvalue weighted by atomic mass is 10.2. The van der Waals surface area contributed by atoms with Crippen molar-refractivity contribution in [3.8, 4) is 0 Å². The van der Waals surface area contributed by atoms with Crippen molar-refractivity contribution >= 4 is 29.3 Å². The summed E-state index contributed by atoms with van der Waals surface area (Å²) in [6, 6.07) is 14.3. The van der Waals surface area contributed by atoms with E-state index >= 15 is 0 Å². The lowest BCUT2D eigenvalue weighted by Crippen LogP contribution is -2.40.